The van der Waals surface area contributed by atoms with E-state index in [1.807, 2.05) is 24.1 Å². The van der Waals surface area contributed by atoms with Crippen molar-refractivity contribution >= 4 is 17.2 Å². The highest BCUT2D eigenvalue weighted by molar-refractivity contribution is 7.11. The number of hydrogen-bond donors (Lipinski definition) is 0. The van der Waals surface area contributed by atoms with Crippen LogP contribution in [0.3, 0.4) is 0 Å². The molecule has 3 heterocycles. The molecule has 3 atom stereocenters. The maximum atomic E-state index is 12.9. The van der Waals surface area contributed by atoms with Gasteiger partial charge in [-0.05, 0) is 44.6 Å². The molecule has 6 heteroatoms. The number of likely N-dealkylation sites (tertiary alicyclic amines) is 1. The lowest BCUT2D eigenvalue weighted by atomic mass is 9.98. The highest BCUT2D eigenvalue weighted by atomic mass is 32.1. The van der Waals surface area contributed by atoms with Gasteiger partial charge in [-0.25, -0.2) is 4.98 Å². The molecule has 2 fully saturated rings. The molecule has 1 saturated heterocycles. The van der Waals surface area contributed by atoms with Gasteiger partial charge in [0.25, 0.3) is 0 Å². The summed E-state index contributed by atoms with van der Waals surface area (Å²) in [6.45, 7) is 5.94. The van der Waals surface area contributed by atoms with Crippen molar-refractivity contribution in [3.8, 4) is 0 Å². The van der Waals surface area contributed by atoms with Crippen LogP contribution in [-0.2, 0) is 11.8 Å². The van der Waals surface area contributed by atoms with Crippen molar-refractivity contribution in [1.82, 2.24) is 19.7 Å². The highest BCUT2D eigenvalue weighted by Gasteiger charge is 2.47. The summed E-state index contributed by atoms with van der Waals surface area (Å²) in [7, 11) is 1.93. The van der Waals surface area contributed by atoms with Crippen molar-refractivity contribution in [3.05, 3.63) is 33.5 Å². The quantitative estimate of drug-likeness (QED) is 0.860. The zero-order valence-corrected chi connectivity index (χ0v) is 15.3. The number of carbonyl (C=O) groups excluding carboxylic acids is 1. The predicted molar refractivity (Wildman–Crippen MR) is 94.2 cm³/mol. The predicted octanol–water partition coefficient (Wildman–Crippen LogP) is 3.00. The number of thiazole rings is 1. The van der Waals surface area contributed by atoms with Gasteiger partial charge in [0, 0.05) is 43.0 Å². The van der Waals surface area contributed by atoms with Crippen molar-refractivity contribution in [3.63, 3.8) is 0 Å². The lowest BCUT2D eigenvalue weighted by molar-refractivity contribution is -0.133. The Bertz CT molecular complexity index is 745. The highest BCUT2D eigenvalue weighted by Crippen LogP contribution is 2.48. The second kappa shape index (κ2) is 5.99. The van der Waals surface area contributed by atoms with Crippen LogP contribution in [0, 0.1) is 19.8 Å². The molecule has 4 rings (SSSR count). The third-order valence-corrected chi connectivity index (χ3v) is 6.62. The summed E-state index contributed by atoms with van der Waals surface area (Å²) in [6, 6.07) is 0. The number of aryl methyl sites for hydroxylation is 3. The monoisotopic (exact) mass is 344 g/mol. The minimum atomic E-state index is 0.160. The van der Waals surface area contributed by atoms with E-state index in [9.17, 15) is 4.79 Å². The number of amides is 1. The normalized spacial score (nSPS) is 26.6. The van der Waals surface area contributed by atoms with Gasteiger partial charge in [-0.3, -0.25) is 9.48 Å². The van der Waals surface area contributed by atoms with E-state index in [1.54, 1.807) is 11.3 Å². The Kier molecular flexibility index (Phi) is 3.95. The van der Waals surface area contributed by atoms with Gasteiger partial charge in [-0.2, -0.15) is 5.10 Å². The van der Waals surface area contributed by atoms with E-state index in [1.165, 1.54) is 15.4 Å². The van der Waals surface area contributed by atoms with E-state index in [0.717, 1.165) is 38.0 Å². The van der Waals surface area contributed by atoms with Crippen molar-refractivity contribution in [2.24, 2.45) is 13.0 Å². The van der Waals surface area contributed by atoms with E-state index in [-0.39, 0.29) is 5.92 Å². The zero-order valence-electron chi connectivity index (χ0n) is 14.5. The van der Waals surface area contributed by atoms with Crippen LogP contribution in [0.1, 0.15) is 52.2 Å². The SMILES string of the molecule is Cc1nc([C@@H]2CCCN(C(=O)[C@@H]3C[C@@H]3c3cnn(C)c3)C2)sc1C. The van der Waals surface area contributed by atoms with Crippen LogP contribution in [0.5, 0.6) is 0 Å². The molecule has 1 aliphatic carbocycles. The Labute approximate surface area is 146 Å². The number of nitrogens with zero attached hydrogens (tertiary/aromatic N) is 4. The molecule has 1 aliphatic heterocycles. The average molecular weight is 344 g/mol. The third kappa shape index (κ3) is 2.88. The number of hydrogen-bond acceptors (Lipinski definition) is 4. The van der Waals surface area contributed by atoms with Crippen molar-refractivity contribution < 1.29 is 4.79 Å². The second-order valence-electron chi connectivity index (χ2n) is 7.21. The Morgan fingerprint density at radius 2 is 2.21 bits per heavy atom. The van der Waals surface area contributed by atoms with Gasteiger partial charge < -0.3 is 4.90 Å². The Morgan fingerprint density at radius 3 is 2.88 bits per heavy atom. The zero-order chi connectivity index (χ0) is 16.8. The van der Waals surface area contributed by atoms with Crippen molar-refractivity contribution in [2.75, 3.05) is 13.1 Å². The number of rotatable bonds is 3. The van der Waals surface area contributed by atoms with Gasteiger partial charge in [-0.15, -0.1) is 11.3 Å². The summed E-state index contributed by atoms with van der Waals surface area (Å²) in [5.41, 5.74) is 2.34. The fraction of sp³-hybridized carbons (Fsp3) is 0.611. The van der Waals surface area contributed by atoms with Crippen molar-refractivity contribution in [1.29, 1.82) is 0 Å². The Morgan fingerprint density at radius 1 is 1.38 bits per heavy atom. The molecule has 2 aliphatic rings. The lowest BCUT2D eigenvalue weighted by Gasteiger charge is -2.32. The molecular formula is C18H24N4OS. The first kappa shape index (κ1) is 15.8. The summed E-state index contributed by atoms with van der Waals surface area (Å²) in [5.74, 6) is 1.28. The van der Waals surface area contributed by atoms with Crippen LogP contribution in [0.2, 0.25) is 0 Å². The third-order valence-electron chi connectivity index (χ3n) is 5.39. The van der Waals surface area contributed by atoms with E-state index in [4.69, 9.17) is 4.98 Å². The van der Waals surface area contributed by atoms with Crippen LogP contribution in [0.25, 0.3) is 0 Å². The molecule has 24 heavy (non-hydrogen) atoms. The van der Waals surface area contributed by atoms with Crippen molar-refractivity contribution in [2.45, 2.75) is 44.9 Å². The number of piperidine rings is 1. The van der Waals surface area contributed by atoms with Gasteiger partial charge >= 0.3 is 0 Å². The largest absolute Gasteiger partial charge is 0.342 e. The van der Waals surface area contributed by atoms with Crippen LogP contribution in [0.4, 0.5) is 0 Å². The molecule has 1 amide bonds. The minimum Gasteiger partial charge on any atom is -0.342 e. The maximum Gasteiger partial charge on any atom is 0.226 e. The first-order valence-corrected chi connectivity index (χ1v) is 9.56. The maximum absolute atomic E-state index is 12.9. The van der Waals surface area contributed by atoms with Crippen LogP contribution >= 0.6 is 11.3 Å². The summed E-state index contributed by atoms with van der Waals surface area (Å²) in [4.78, 5) is 21.0. The van der Waals surface area contributed by atoms with Gasteiger partial charge in [0.05, 0.1) is 16.9 Å². The van der Waals surface area contributed by atoms with Gasteiger partial charge in [0.15, 0.2) is 0 Å². The molecular weight excluding hydrogens is 320 g/mol. The molecule has 0 bridgehead atoms. The molecule has 0 N–H and O–H groups in total. The van der Waals surface area contributed by atoms with E-state index < -0.39 is 0 Å². The van der Waals surface area contributed by atoms with Crippen LogP contribution in [-0.4, -0.2) is 38.7 Å². The summed E-state index contributed by atoms with van der Waals surface area (Å²) in [5, 5.41) is 5.44. The smallest absolute Gasteiger partial charge is 0.226 e. The minimum absolute atomic E-state index is 0.160. The molecule has 0 spiro atoms. The molecule has 128 valence electrons. The standard InChI is InChI=1S/C18H24N4OS/c1-11-12(2)24-17(20-11)13-5-4-6-22(10-13)18(23)16-7-15(16)14-8-19-21(3)9-14/h8-9,13,15-16H,4-7,10H2,1-3H3/t13-,15-,16-/m1/s1. The molecule has 0 aromatic carbocycles. The van der Waals surface area contributed by atoms with E-state index >= 15 is 0 Å². The van der Waals surface area contributed by atoms with Crippen LogP contribution in [0.15, 0.2) is 12.4 Å². The summed E-state index contributed by atoms with van der Waals surface area (Å²) in [6.07, 6.45) is 7.14. The topological polar surface area (TPSA) is 51.0 Å². The number of carbonyl (C=O) groups is 1. The van der Waals surface area contributed by atoms with E-state index in [2.05, 4.69) is 23.8 Å². The molecule has 2 aromatic rings. The molecule has 0 unspecified atom stereocenters. The molecule has 1 saturated carbocycles. The van der Waals surface area contributed by atoms with Crippen LogP contribution < -0.4 is 0 Å². The Hall–Kier alpha value is -1.69. The fourth-order valence-electron chi connectivity index (χ4n) is 3.75. The first-order chi connectivity index (χ1) is 11.5. The molecule has 0 radical (unpaired) electrons. The van der Waals surface area contributed by atoms with E-state index in [0.29, 0.717) is 17.7 Å². The number of aromatic nitrogens is 3. The molecule has 2 aromatic heterocycles. The summed E-state index contributed by atoms with van der Waals surface area (Å²) < 4.78 is 1.82. The average Bonchev–Trinajstić information content (AvgIpc) is 3.15. The van der Waals surface area contributed by atoms with Gasteiger partial charge in [-0.1, -0.05) is 0 Å². The van der Waals surface area contributed by atoms with Gasteiger partial charge in [0.2, 0.25) is 5.91 Å². The second-order valence-corrected chi connectivity index (χ2v) is 8.45. The Balaban J connectivity index is 1.42. The molecule has 5 nitrogen and oxygen atoms in total. The fourth-order valence-corrected chi connectivity index (χ4v) is 4.80. The first-order valence-electron chi connectivity index (χ1n) is 8.74. The van der Waals surface area contributed by atoms with Gasteiger partial charge in [0.1, 0.15) is 0 Å². The summed E-state index contributed by atoms with van der Waals surface area (Å²) >= 11 is 1.80. The lowest BCUT2D eigenvalue weighted by Crippen LogP contribution is -2.40.